The molecule has 0 aromatic carbocycles. The average molecular weight is 230 g/mol. The predicted molar refractivity (Wildman–Crippen MR) is 55.5 cm³/mol. The quantitative estimate of drug-likeness (QED) is 0.673. The van der Waals surface area contributed by atoms with Gasteiger partial charge in [0.15, 0.2) is 0 Å². The van der Waals surface area contributed by atoms with Crippen molar-refractivity contribution < 1.29 is 8.42 Å². The molecule has 1 heterocycles. The molecular weight excluding hydrogens is 216 g/mol. The monoisotopic (exact) mass is 230 g/mol. The van der Waals surface area contributed by atoms with E-state index in [0.717, 1.165) is 6.42 Å². The molecule has 1 aliphatic carbocycles. The highest BCUT2D eigenvalue weighted by atomic mass is 32.2. The Kier molecular flexibility index (Phi) is 2.43. The minimum atomic E-state index is -3.49. The molecule has 1 fully saturated rings. The molecule has 1 aromatic heterocycles. The molecule has 4 N–H and O–H groups in total. The summed E-state index contributed by atoms with van der Waals surface area (Å²) in [6.07, 6.45) is 2.30. The van der Waals surface area contributed by atoms with E-state index in [0.29, 0.717) is 18.4 Å². The maximum atomic E-state index is 11.7. The Morgan fingerprint density at radius 3 is 2.87 bits per heavy atom. The van der Waals surface area contributed by atoms with Gasteiger partial charge in [0.2, 0.25) is 10.0 Å². The maximum absolute atomic E-state index is 11.7. The van der Waals surface area contributed by atoms with Gasteiger partial charge in [-0.05, 0) is 18.3 Å². The number of nitrogens with two attached hydrogens (primary N) is 1. The minimum Gasteiger partial charge on any atom is -0.383 e. The Morgan fingerprint density at radius 2 is 2.40 bits per heavy atom. The van der Waals surface area contributed by atoms with Gasteiger partial charge in [-0.2, -0.15) is 5.10 Å². The van der Waals surface area contributed by atoms with Crippen LogP contribution in [-0.4, -0.2) is 25.2 Å². The van der Waals surface area contributed by atoms with Crippen LogP contribution in [0.2, 0.25) is 0 Å². The normalized spacial score (nSPS) is 25.4. The highest BCUT2D eigenvalue weighted by Gasteiger charge is 2.33. The lowest BCUT2D eigenvalue weighted by Crippen LogP contribution is -2.26. The molecule has 0 amide bonds. The van der Waals surface area contributed by atoms with Gasteiger partial charge in [-0.25, -0.2) is 13.1 Å². The van der Waals surface area contributed by atoms with Crippen molar-refractivity contribution in [3.05, 3.63) is 6.20 Å². The van der Waals surface area contributed by atoms with E-state index in [9.17, 15) is 8.42 Å². The molecule has 0 bridgehead atoms. The van der Waals surface area contributed by atoms with Crippen LogP contribution in [0.15, 0.2) is 11.1 Å². The van der Waals surface area contributed by atoms with E-state index in [1.54, 1.807) is 0 Å². The molecule has 7 heteroatoms. The van der Waals surface area contributed by atoms with Gasteiger partial charge >= 0.3 is 0 Å². The molecule has 0 spiro atoms. The van der Waals surface area contributed by atoms with Crippen molar-refractivity contribution in [2.24, 2.45) is 11.8 Å². The second-order valence-corrected chi connectivity index (χ2v) is 5.71. The second kappa shape index (κ2) is 3.49. The summed E-state index contributed by atoms with van der Waals surface area (Å²) in [5.41, 5.74) is 5.44. The van der Waals surface area contributed by atoms with Crippen LogP contribution < -0.4 is 10.5 Å². The SMILES string of the molecule is CC1CC1CNS(=O)(=O)c1cn[nH]c1N. The van der Waals surface area contributed by atoms with E-state index in [2.05, 4.69) is 21.8 Å². The molecule has 0 radical (unpaired) electrons. The van der Waals surface area contributed by atoms with Crippen LogP contribution in [0.3, 0.4) is 0 Å². The zero-order valence-electron chi connectivity index (χ0n) is 8.40. The first-order valence-electron chi connectivity index (χ1n) is 4.79. The molecule has 0 saturated heterocycles. The summed E-state index contributed by atoms with van der Waals surface area (Å²) >= 11 is 0. The predicted octanol–water partition coefficient (Wildman–Crippen LogP) is -0.0738. The number of hydrogen-bond donors (Lipinski definition) is 3. The van der Waals surface area contributed by atoms with Gasteiger partial charge < -0.3 is 5.73 Å². The van der Waals surface area contributed by atoms with Crippen LogP contribution in [0.4, 0.5) is 5.82 Å². The second-order valence-electron chi connectivity index (χ2n) is 3.97. The summed E-state index contributed by atoms with van der Waals surface area (Å²) in [4.78, 5) is 0.0239. The fourth-order valence-electron chi connectivity index (χ4n) is 1.48. The lowest BCUT2D eigenvalue weighted by atomic mass is 10.3. The lowest BCUT2D eigenvalue weighted by Gasteiger charge is -2.04. The molecular formula is C8H14N4O2S. The van der Waals surface area contributed by atoms with Crippen molar-refractivity contribution in [1.82, 2.24) is 14.9 Å². The van der Waals surface area contributed by atoms with E-state index >= 15 is 0 Å². The van der Waals surface area contributed by atoms with Crippen molar-refractivity contribution in [1.29, 1.82) is 0 Å². The molecule has 1 aromatic rings. The Labute approximate surface area is 88.3 Å². The highest BCUT2D eigenvalue weighted by molar-refractivity contribution is 7.89. The Hall–Kier alpha value is -1.08. The molecule has 6 nitrogen and oxygen atoms in total. The van der Waals surface area contributed by atoms with Crippen LogP contribution in [0.1, 0.15) is 13.3 Å². The summed E-state index contributed by atoms with van der Waals surface area (Å²) < 4.78 is 25.9. The van der Waals surface area contributed by atoms with Crippen molar-refractivity contribution in [3.8, 4) is 0 Å². The molecule has 2 atom stereocenters. The number of aromatic nitrogens is 2. The summed E-state index contributed by atoms with van der Waals surface area (Å²) in [6.45, 7) is 2.58. The van der Waals surface area contributed by atoms with Crippen molar-refractivity contribution in [2.45, 2.75) is 18.2 Å². The number of nitrogens with zero attached hydrogens (tertiary/aromatic N) is 1. The van der Waals surface area contributed by atoms with Gasteiger partial charge in [0.05, 0.1) is 6.20 Å². The van der Waals surface area contributed by atoms with Gasteiger partial charge in [0.1, 0.15) is 10.7 Å². The topological polar surface area (TPSA) is 101 Å². The zero-order valence-corrected chi connectivity index (χ0v) is 9.21. The third-order valence-electron chi connectivity index (χ3n) is 2.73. The number of H-pyrrole nitrogens is 1. The number of sulfonamides is 1. The van der Waals surface area contributed by atoms with Crippen LogP contribution in [0.5, 0.6) is 0 Å². The lowest BCUT2D eigenvalue weighted by molar-refractivity contribution is 0.575. The molecule has 0 aliphatic heterocycles. The van der Waals surface area contributed by atoms with Gasteiger partial charge in [-0.1, -0.05) is 6.92 Å². The number of anilines is 1. The number of nitrogens with one attached hydrogen (secondary N) is 2. The largest absolute Gasteiger partial charge is 0.383 e. The van der Waals surface area contributed by atoms with E-state index in [1.807, 2.05) is 0 Å². The highest BCUT2D eigenvalue weighted by Crippen LogP contribution is 2.37. The molecule has 2 rings (SSSR count). The van der Waals surface area contributed by atoms with Gasteiger partial charge in [0.25, 0.3) is 0 Å². The number of hydrogen-bond acceptors (Lipinski definition) is 4. The molecule has 1 aliphatic rings. The van der Waals surface area contributed by atoms with Crippen LogP contribution in [-0.2, 0) is 10.0 Å². The van der Waals surface area contributed by atoms with Crippen LogP contribution >= 0.6 is 0 Å². The third kappa shape index (κ3) is 2.13. The first-order chi connectivity index (χ1) is 7.00. The molecule has 2 unspecified atom stereocenters. The van der Waals surface area contributed by atoms with E-state index in [-0.39, 0.29) is 10.7 Å². The molecule has 84 valence electrons. The Balaban J connectivity index is 2.04. The van der Waals surface area contributed by atoms with Crippen LogP contribution in [0.25, 0.3) is 0 Å². The molecule has 1 saturated carbocycles. The van der Waals surface area contributed by atoms with Crippen molar-refractivity contribution in [3.63, 3.8) is 0 Å². The van der Waals surface area contributed by atoms with Crippen LogP contribution in [0, 0.1) is 11.8 Å². The third-order valence-corrected chi connectivity index (χ3v) is 4.18. The smallest absolute Gasteiger partial charge is 0.245 e. The summed E-state index contributed by atoms with van der Waals surface area (Å²) in [7, 11) is -3.49. The number of nitrogen functional groups attached to an aromatic ring is 1. The van der Waals surface area contributed by atoms with E-state index in [4.69, 9.17) is 5.73 Å². The Bertz CT molecular complexity index is 453. The zero-order chi connectivity index (χ0) is 11.1. The van der Waals surface area contributed by atoms with Crippen molar-refractivity contribution in [2.75, 3.05) is 12.3 Å². The minimum absolute atomic E-state index is 0.0239. The number of aromatic amines is 1. The standard InChI is InChI=1S/C8H14N4O2S/c1-5-2-6(5)3-11-15(13,14)7-4-10-12-8(7)9/h4-6,11H,2-3H2,1H3,(H3,9,10,12). The fourth-order valence-corrected chi connectivity index (χ4v) is 2.59. The first kappa shape index (κ1) is 10.4. The number of rotatable bonds is 4. The summed E-state index contributed by atoms with van der Waals surface area (Å²) in [5.74, 6) is 1.16. The average Bonchev–Trinajstić information content (AvgIpc) is 2.67. The van der Waals surface area contributed by atoms with E-state index < -0.39 is 10.0 Å². The Morgan fingerprint density at radius 1 is 1.73 bits per heavy atom. The maximum Gasteiger partial charge on any atom is 0.245 e. The fraction of sp³-hybridized carbons (Fsp3) is 0.625. The molecule has 15 heavy (non-hydrogen) atoms. The summed E-state index contributed by atoms with van der Waals surface area (Å²) in [6, 6.07) is 0. The van der Waals surface area contributed by atoms with Crippen molar-refractivity contribution >= 4 is 15.8 Å². The summed E-state index contributed by atoms with van der Waals surface area (Å²) in [5, 5.41) is 5.97. The van der Waals surface area contributed by atoms with Gasteiger partial charge in [-0.3, -0.25) is 5.10 Å². The van der Waals surface area contributed by atoms with E-state index in [1.165, 1.54) is 6.20 Å². The van der Waals surface area contributed by atoms with Gasteiger partial charge in [0, 0.05) is 6.54 Å². The first-order valence-corrected chi connectivity index (χ1v) is 6.27. The van der Waals surface area contributed by atoms with Gasteiger partial charge in [-0.15, -0.1) is 0 Å².